The Labute approximate surface area is 122 Å². The molecule has 0 bridgehead atoms. The zero-order chi connectivity index (χ0) is 13.6. The van der Waals surface area contributed by atoms with Gasteiger partial charge in [0.25, 0.3) is 0 Å². The predicted molar refractivity (Wildman–Crippen MR) is 89.7 cm³/mol. The summed E-state index contributed by atoms with van der Waals surface area (Å²) in [5.74, 6) is 2.43. The van der Waals surface area contributed by atoms with Crippen molar-refractivity contribution in [2.24, 2.45) is 0 Å². The van der Waals surface area contributed by atoms with Crippen molar-refractivity contribution < 1.29 is 0 Å². The lowest BCUT2D eigenvalue weighted by atomic mass is 10.2. The van der Waals surface area contributed by atoms with Crippen LogP contribution < -0.4 is 10.6 Å². The van der Waals surface area contributed by atoms with Gasteiger partial charge in [-0.05, 0) is 25.7 Å². The average Bonchev–Trinajstić information content (AvgIpc) is 2.41. The lowest BCUT2D eigenvalue weighted by molar-refractivity contribution is 0.501. The highest BCUT2D eigenvalue weighted by molar-refractivity contribution is 8.76. The molecule has 0 aliphatic rings. The molecular formula is C14H32N2S2. The summed E-state index contributed by atoms with van der Waals surface area (Å²) in [4.78, 5) is 0. The van der Waals surface area contributed by atoms with Crippen LogP contribution in [0.3, 0.4) is 0 Å². The smallest absolute Gasteiger partial charge is 0.0162 e. The van der Waals surface area contributed by atoms with Crippen LogP contribution in [0.2, 0.25) is 0 Å². The first kappa shape index (κ1) is 18.6. The van der Waals surface area contributed by atoms with E-state index in [2.05, 4.69) is 38.3 Å². The van der Waals surface area contributed by atoms with Gasteiger partial charge < -0.3 is 10.6 Å². The SMILES string of the molecule is CCC(CC)NCCSSCCNC(CC)CC. The second kappa shape index (κ2) is 14.0. The van der Waals surface area contributed by atoms with E-state index in [9.17, 15) is 0 Å². The summed E-state index contributed by atoms with van der Waals surface area (Å²) in [6, 6.07) is 1.43. The Balaban J connectivity index is 3.21. The van der Waals surface area contributed by atoms with Gasteiger partial charge >= 0.3 is 0 Å². The van der Waals surface area contributed by atoms with Crippen LogP contribution in [0, 0.1) is 0 Å². The van der Waals surface area contributed by atoms with Crippen molar-refractivity contribution >= 4 is 21.6 Å². The normalized spacial score (nSPS) is 11.7. The first-order valence-corrected chi connectivity index (χ1v) is 9.98. The Bertz CT molecular complexity index is 142. The van der Waals surface area contributed by atoms with E-state index in [1.807, 2.05) is 21.6 Å². The van der Waals surface area contributed by atoms with Crippen LogP contribution in [-0.4, -0.2) is 36.7 Å². The van der Waals surface area contributed by atoms with E-state index in [0.717, 1.165) is 13.1 Å². The monoisotopic (exact) mass is 292 g/mol. The molecule has 2 N–H and O–H groups in total. The summed E-state index contributed by atoms with van der Waals surface area (Å²) in [5.41, 5.74) is 0. The molecule has 0 spiro atoms. The van der Waals surface area contributed by atoms with Gasteiger partial charge in [-0.2, -0.15) is 0 Å². The fourth-order valence-electron chi connectivity index (χ4n) is 1.88. The Kier molecular flexibility index (Phi) is 14.5. The predicted octanol–water partition coefficient (Wildman–Crippen LogP) is 3.92. The second-order valence-electron chi connectivity index (χ2n) is 4.58. The molecule has 18 heavy (non-hydrogen) atoms. The standard InChI is InChI=1S/C14H32N2S2/c1-5-13(6-2)15-9-11-17-18-12-10-16-14(7-3)8-4/h13-16H,5-12H2,1-4H3. The van der Waals surface area contributed by atoms with Crippen molar-refractivity contribution in [2.45, 2.75) is 65.5 Å². The maximum atomic E-state index is 3.60. The van der Waals surface area contributed by atoms with Gasteiger partial charge in [0.05, 0.1) is 0 Å². The fourth-order valence-corrected chi connectivity index (χ4v) is 3.73. The van der Waals surface area contributed by atoms with Gasteiger partial charge in [-0.25, -0.2) is 0 Å². The lowest BCUT2D eigenvalue weighted by Gasteiger charge is -2.15. The molecule has 0 aromatic carbocycles. The average molecular weight is 293 g/mol. The number of rotatable bonds is 13. The van der Waals surface area contributed by atoms with Gasteiger partial charge in [0.15, 0.2) is 0 Å². The lowest BCUT2D eigenvalue weighted by Crippen LogP contribution is -2.30. The van der Waals surface area contributed by atoms with Crippen LogP contribution in [0.25, 0.3) is 0 Å². The third-order valence-corrected chi connectivity index (χ3v) is 5.70. The van der Waals surface area contributed by atoms with Crippen LogP contribution >= 0.6 is 21.6 Å². The largest absolute Gasteiger partial charge is 0.313 e. The molecule has 0 saturated heterocycles. The van der Waals surface area contributed by atoms with Crippen molar-refractivity contribution in [1.82, 2.24) is 10.6 Å². The molecule has 0 saturated carbocycles. The number of nitrogens with one attached hydrogen (secondary N) is 2. The van der Waals surface area contributed by atoms with Crippen LogP contribution in [0.4, 0.5) is 0 Å². The fraction of sp³-hybridized carbons (Fsp3) is 1.00. The Morgan fingerprint density at radius 3 is 1.28 bits per heavy atom. The highest BCUT2D eigenvalue weighted by Gasteiger charge is 2.02. The van der Waals surface area contributed by atoms with E-state index < -0.39 is 0 Å². The minimum Gasteiger partial charge on any atom is -0.313 e. The molecule has 4 heteroatoms. The third kappa shape index (κ3) is 10.5. The van der Waals surface area contributed by atoms with E-state index in [-0.39, 0.29) is 0 Å². The quantitative estimate of drug-likeness (QED) is 0.397. The molecule has 0 aliphatic carbocycles. The van der Waals surface area contributed by atoms with Gasteiger partial charge in [0, 0.05) is 36.7 Å². The minimum absolute atomic E-state index is 0.715. The van der Waals surface area contributed by atoms with E-state index >= 15 is 0 Å². The van der Waals surface area contributed by atoms with Gasteiger partial charge in [-0.3, -0.25) is 0 Å². The van der Waals surface area contributed by atoms with E-state index in [1.165, 1.54) is 37.2 Å². The molecule has 0 rings (SSSR count). The molecule has 0 aromatic heterocycles. The molecule has 110 valence electrons. The number of hydrogen-bond donors (Lipinski definition) is 2. The maximum Gasteiger partial charge on any atom is 0.0162 e. The Morgan fingerprint density at radius 2 is 1.00 bits per heavy atom. The van der Waals surface area contributed by atoms with E-state index in [0.29, 0.717) is 12.1 Å². The maximum absolute atomic E-state index is 3.60. The summed E-state index contributed by atoms with van der Waals surface area (Å²) < 4.78 is 0. The van der Waals surface area contributed by atoms with Crippen molar-refractivity contribution in [1.29, 1.82) is 0 Å². The van der Waals surface area contributed by atoms with Gasteiger partial charge in [-0.15, -0.1) is 0 Å². The summed E-state index contributed by atoms with van der Waals surface area (Å²) in [6.07, 6.45) is 4.97. The highest BCUT2D eigenvalue weighted by atomic mass is 33.1. The van der Waals surface area contributed by atoms with E-state index in [4.69, 9.17) is 0 Å². The second-order valence-corrected chi connectivity index (χ2v) is 7.28. The highest BCUT2D eigenvalue weighted by Crippen LogP contribution is 2.19. The third-order valence-electron chi connectivity index (χ3n) is 3.29. The van der Waals surface area contributed by atoms with Crippen molar-refractivity contribution in [3.8, 4) is 0 Å². The number of hydrogen-bond acceptors (Lipinski definition) is 4. The van der Waals surface area contributed by atoms with Crippen molar-refractivity contribution in [3.63, 3.8) is 0 Å². The minimum atomic E-state index is 0.715. The topological polar surface area (TPSA) is 24.1 Å². The zero-order valence-electron chi connectivity index (χ0n) is 12.6. The van der Waals surface area contributed by atoms with Crippen molar-refractivity contribution in [2.75, 3.05) is 24.6 Å². The molecule has 0 aromatic rings. The first-order valence-electron chi connectivity index (χ1n) is 7.49. The summed E-state index contributed by atoms with van der Waals surface area (Å²) >= 11 is 0. The van der Waals surface area contributed by atoms with Crippen LogP contribution in [-0.2, 0) is 0 Å². The van der Waals surface area contributed by atoms with Gasteiger partial charge in [0.2, 0.25) is 0 Å². The Hall–Kier alpha value is 0.620. The van der Waals surface area contributed by atoms with Crippen LogP contribution in [0.15, 0.2) is 0 Å². The molecule has 0 unspecified atom stereocenters. The van der Waals surface area contributed by atoms with Crippen LogP contribution in [0.5, 0.6) is 0 Å². The zero-order valence-corrected chi connectivity index (χ0v) is 14.3. The molecule has 0 radical (unpaired) electrons. The summed E-state index contributed by atoms with van der Waals surface area (Å²) in [7, 11) is 3.99. The summed E-state index contributed by atoms with van der Waals surface area (Å²) in [6.45, 7) is 11.3. The first-order chi connectivity index (χ1) is 8.78. The molecule has 0 aliphatic heterocycles. The molecular weight excluding hydrogens is 260 g/mol. The Morgan fingerprint density at radius 1 is 0.667 bits per heavy atom. The van der Waals surface area contributed by atoms with Gasteiger partial charge in [-0.1, -0.05) is 49.3 Å². The van der Waals surface area contributed by atoms with Crippen LogP contribution in [0.1, 0.15) is 53.4 Å². The molecule has 0 fully saturated rings. The van der Waals surface area contributed by atoms with Crippen molar-refractivity contribution in [3.05, 3.63) is 0 Å². The molecule has 0 heterocycles. The molecule has 2 nitrogen and oxygen atoms in total. The van der Waals surface area contributed by atoms with Gasteiger partial charge in [0.1, 0.15) is 0 Å². The molecule has 0 amide bonds. The molecule has 0 atom stereocenters. The summed E-state index contributed by atoms with van der Waals surface area (Å²) in [5, 5.41) is 7.19. The van der Waals surface area contributed by atoms with E-state index in [1.54, 1.807) is 0 Å².